The third-order valence-electron chi connectivity index (χ3n) is 2.54. The van der Waals surface area contributed by atoms with E-state index in [0.717, 1.165) is 26.2 Å². The molecule has 2 rings (SSSR count). The van der Waals surface area contributed by atoms with E-state index in [1.54, 1.807) is 0 Å². The van der Waals surface area contributed by atoms with Gasteiger partial charge in [-0.25, -0.2) is 0 Å². The first-order chi connectivity index (χ1) is 8.61. The van der Waals surface area contributed by atoms with Crippen molar-refractivity contribution in [2.75, 3.05) is 49.2 Å². The third kappa shape index (κ3) is 9.25. The molecular formula is C10H16N2PdS6. The van der Waals surface area contributed by atoms with Crippen molar-refractivity contribution in [2.24, 2.45) is 0 Å². The maximum Gasteiger partial charge on any atom is 2.00 e. The molecular weight excluding hydrogens is 447 g/mol. The quantitative estimate of drug-likeness (QED) is 0.301. The fourth-order valence-corrected chi connectivity index (χ4v) is 4.03. The summed E-state index contributed by atoms with van der Waals surface area (Å²) in [6, 6.07) is 0. The summed E-state index contributed by atoms with van der Waals surface area (Å²) in [4.78, 5) is 4.17. The van der Waals surface area contributed by atoms with Crippen LogP contribution in [0.5, 0.6) is 0 Å². The molecule has 2 saturated heterocycles. The fourth-order valence-electron chi connectivity index (χ4n) is 1.49. The van der Waals surface area contributed by atoms with Crippen LogP contribution in [0.15, 0.2) is 0 Å². The molecule has 0 aromatic carbocycles. The molecule has 0 amide bonds. The molecule has 0 aliphatic carbocycles. The molecule has 0 saturated carbocycles. The minimum atomic E-state index is 0. The molecule has 0 bridgehead atoms. The first-order valence-corrected chi connectivity index (χ1v) is 9.63. The Labute approximate surface area is 160 Å². The minimum absolute atomic E-state index is 0. The largest absolute Gasteiger partial charge is 2.00 e. The summed E-state index contributed by atoms with van der Waals surface area (Å²) >= 11 is 23.3. The average Bonchev–Trinajstić information content (AvgIpc) is 2.41. The van der Waals surface area contributed by atoms with Crippen molar-refractivity contribution in [2.45, 2.75) is 0 Å². The van der Waals surface area contributed by atoms with E-state index >= 15 is 0 Å². The Morgan fingerprint density at radius 3 is 1.16 bits per heavy atom. The van der Waals surface area contributed by atoms with E-state index in [4.69, 9.17) is 49.7 Å². The molecule has 19 heavy (non-hydrogen) atoms. The molecule has 2 fully saturated rings. The van der Waals surface area contributed by atoms with Crippen LogP contribution in [-0.2, 0) is 45.7 Å². The van der Waals surface area contributed by atoms with Gasteiger partial charge in [0.1, 0.15) is 0 Å². The van der Waals surface area contributed by atoms with Gasteiger partial charge in [-0.15, -0.1) is 0 Å². The fraction of sp³-hybridized carbons (Fsp3) is 0.800. The normalized spacial score (nSPS) is 18.7. The first-order valence-electron chi connectivity index (χ1n) is 5.68. The van der Waals surface area contributed by atoms with Crippen LogP contribution in [0.25, 0.3) is 0 Å². The second-order valence-electron chi connectivity index (χ2n) is 3.73. The third-order valence-corrected chi connectivity index (χ3v) is 5.46. The summed E-state index contributed by atoms with van der Waals surface area (Å²) in [7, 11) is 0. The topological polar surface area (TPSA) is 6.48 Å². The number of rotatable bonds is 0. The zero-order chi connectivity index (χ0) is 13.4. The van der Waals surface area contributed by atoms with Crippen molar-refractivity contribution in [1.29, 1.82) is 0 Å². The van der Waals surface area contributed by atoms with Crippen LogP contribution >= 0.6 is 48.0 Å². The van der Waals surface area contributed by atoms with Gasteiger partial charge in [-0.05, 0) is 0 Å². The zero-order valence-corrected chi connectivity index (χ0v) is 16.8. The van der Waals surface area contributed by atoms with Crippen LogP contribution in [0.4, 0.5) is 0 Å². The van der Waals surface area contributed by atoms with Crippen molar-refractivity contribution in [3.8, 4) is 0 Å². The van der Waals surface area contributed by atoms with E-state index in [1.165, 1.54) is 23.0 Å². The average molecular weight is 463 g/mol. The molecule has 0 N–H and O–H groups in total. The molecule has 9 heteroatoms. The van der Waals surface area contributed by atoms with Gasteiger partial charge in [0.05, 0.1) is 0 Å². The van der Waals surface area contributed by atoms with E-state index in [0.29, 0.717) is 8.64 Å². The van der Waals surface area contributed by atoms with Gasteiger partial charge in [-0.1, -0.05) is 8.64 Å². The van der Waals surface area contributed by atoms with Crippen LogP contribution in [0.3, 0.4) is 0 Å². The van der Waals surface area contributed by atoms with E-state index < -0.39 is 0 Å². The summed E-state index contributed by atoms with van der Waals surface area (Å²) < 4.78 is 1.27. The Hall–Kier alpha value is 1.58. The van der Waals surface area contributed by atoms with Crippen LogP contribution < -0.4 is 0 Å². The predicted molar refractivity (Wildman–Crippen MR) is 97.7 cm³/mol. The number of hydrogen-bond acceptors (Lipinski definition) is 6. The Kier molecular flexibility index (Phi) is 13.2. The van der Waals surface area contributed by atoms with Gasteiger partial charge < -0.3 is 59.5 Å². The van der Waals surface area contributed by atoms with Gasteiger partial charge in [-0.2, -0.15) is 23.5 Å². The number of thioether (sulfide) groups is 2. The number of thiocarbonyl (C=S) groups is 2. The number of nitrogens with zero attached hydrogens (tertiary/aromatic N) is 2. The van der Waals surface area contributed by atoms with Crippen LogP contribution in [-0.4, -0.2) is 67.6 Å². The monoisotopic (exact) mass is 462 g/mol. The molecule has 0 unspecified atom stereocenters. The van der Waals surface area contributed by atoms with Gasteiger partial charge in [0.25, 0.3) is 0 Å². The summed E-state index contributed by atoms with van der Waals surface area (Å²) in [5.74, 6) is 4.71. The van der Waals surface area contributed by atoms with Gasteiger partial charge in [0.15, 0.2) is 0 Å². The van der Waals surface area contributed by atoms with Crippen LogP contribution in [0, 0.1) is 0 Å². The summed E-state index contributed by atoms with van der Waals surface area (Å²) in [5, 5.41) is 0. The second kappa shape index (κ2) is 12.2. The van der Waals surface area contributed by atoms with Crippen LogP contribution in [0.2, 0.25) is 0 Å². The van der Waals surface area contributed by atoms with Crippen molar-refractivity contribution in [1.82, 2.24) is 9.80 Å². The maximum absolute atomic E-state index is 4.85. The Balaban J connectivity index is 0.000000324. The Bertz CT molecular complexity index is 251. The first kappa shape index (κ1) is 20.6. The molecule has 0 aromatic rings. The predicted octanol–water partition coefficient (Wildman–Crippen LogP) is 1.73. The minimum Gasteiger partial charge on any atom is -0.411 e. The van der Waals surface area contributed by atoms with Gasteiger partial charge in [0, 0.05) is 49.2 Å². The Morgan fingerprint density at radius 2 is 1.00 bits per heavy atom. The van der Waals surface area contributed by atoms with Crippen molar-refractivity contribution < 1.29 is 20.4 Å². The summed E-state index contributed by atoms with van der Waals surface area (Å²) in [6.07, 6.45) is 0. The maximum atomic E-state index is 4.85. The van der Waals surface area contributed by atoms with Crippen molar-refractivity contribution in [3.63, 3.8) is 0 Å². The molecule has 0 radical (unpaired) electrons. The van der Waals surface area contributed by atoms with E-state index in [2.05, 4.69) is 9.80 Å². The van der Waals surface area contributed by atoms with Crippen LogP contribution in [0.1, 0.15) is 0 Å². The SMILES string of the molecule is S=C([S-])N1CCSCC1.S=C([S-])N1CCSCC1.[Pd+2]. The second-order valence-corrected chi connectivity index (χ2v) is 8.24. The molecule has 2 aliphatic rings. The molecule has 2 nitrogen and oxygen atoms in total. The Morgan fingerprint density at radius 1 is 0.737 bits per heavy atom. The zero-order valence-electron chi connectivity index (χ0n) is 10.3. The molecule has 2 aliphatic heterocycles. The molecule has 0 atom stereocenters. The summed E-state index contributed by atoms with van der Waals surface area (Å²) in [5.41, 5.74) is 0. The van der Waals surface area contributed by atoms with Crippen molar-refractivity contribution >= 4 is 81.9 Å². The van der Waals surface area contributed by atoms with E-state index in [-0.39, 0.29) is 20.4 Å². The van der Waals surface area contributed by atoms with E-state index in [9.17, 15) is 0 Å². The summed E-state index contributed by atoms with van der Waals surface area (Å²) in [6.45, 7) is 4.19. The molecule has 112 valence electrons. The van der Waals surface area contributed by atoms with Gasteiger partial charge >= 0.3 is 20.4 Å². The smallest absolute Gasteiger partial charge is 0.411 e. The number of hydrogen-bond donors (Lipinski definition) is 0. The molecule has 0 spiro atoms. The van der Waals surface area contributed by atoms with E-state index in [1.807, 2.05) is 23.5 Å². The molecule has 0 aromatic heterocycles. The van der Waals surface area contributed by atoms with Gasteiger partial charge in [0.2, 0.25) is 0 Å². The standard InChI is InChI=1S/2C5H9NS3.Pd/c2*7-5(8)6-1-3-9-4-2-6;/h2*1-4H2,(H,7,8);/q;;+2/p-2. The van der Waals surface area contributed by atoms with Gasteiger partial charge in [-0.3, -0.25) is 0 Å². The van der Waals surface area contributed by atoms with Crippen molar-refractivity contribution in [3.05, 3.63) is 0 Å². The molecule has 2 heterocycles.